The summed E-state index contributed by atoms with van der Waals surface area (Å²) in [7, 11) is 0. The van der Waals surface area contributed by atoms with E-state index < -0.39 is 0 Å². The average Bonchev–Trinajstić information content (AvgIpc) is 3.99. The third-order valence-electron chi connectivity index (χ3n) is 14.7. The van der Waals surface area contributed by atoms with Gasteiger partial charge < -0.3 is 9.80 Å². The van der Waals surface area contributed by atoms with E-state index in [2.05, 4.69) is 218 Å². The predicted octanol–water partition coefficient (Wildman–Crippen LogP) is 15.0. The summed E-state index contributed by atoms with van der Waals surface area (Å²) >= 11 is 0. The maximum absolute atomic E-state index is 2.65. The SMILES string of the molecule is CC1(C)c2ccccc2-c2ccc(N(c3ccccc3-c3ccccc3)c3cccc4c3C35c6c(cccc6N(c6ccccc6)c6ccccc6)CC3CCC5C4)cc21. The Bertz CT molecular complexity index is 2880. The fraction of sp³-hybridized carbons (Fsp3) is 0.172. The van der Waals surface area contributed by atoms with E-state index in [1.807, 2.05) is 0 Å². The van der Waals surface area contributed by atoms with E-state index in [1.165, 1.54) is 97.0 Å². The Morgan fingerprint density at radius 2 is 0.900 bits per heavy atom. The molecule has 3 atom stereocenters. The van der Waals surface area contributed by atoms with Crippen LogP contribution in [0.2, 0.25) is 0 Å². The van der Waals surface area contributed by atoms with Crippen LogP contribution in [0, 0.1) is 11.8 Å². The molecular weight excluding hydrogens is 725 g/mol. The lowest BCUT2D eigenvalue weighted by molar-refractivity contribution is 0.350. The summed E-state index contributed by atoms with van der Waals surface area (Å²) < 4.78 is 0. The molecule has 60 heavy (non-hydrogen) atoms. The Labute approximate surface area is 354 Å². The van der Waals surface area contributed by atoms with Gasteiger partial charge in [0.05, 0.1) is 17.1 Å². The maximum Gasteiger partial charge on any atom is 0.0540 e. The van der Waals surface area contributed by atoms with Gasteiger partial charge in [0, 0.05) is 33.5 Å². The van der Waals surface area contributed by atoms with Crippen molar-refractivity contribution in [1.82, 2.24) is 0 Å². The summed E-state index contributed by atoms with van der Waals surface area (Å²) in [6.45, 7) is 4.80. The lowest BCUT2D eigenvalue weighted by Gasteiger charge is -2.40. The fourth-order valence-corrected chi connectivity index (χ4v) is 12.4. The first kappa shape index (κ1) is 35.3. The lowest BCUT2D eigenvalue weighted by atomic mass is 9.68. The van der Waals surface area contributed by atoms with E-state index >= 15 is 0 Å². The molecule has 12 rings (SSSR count). The highest BCUT2D eigenvalue weighted by atomic mass is 15.2. The number of hydrogen-bond donors (Lipinski definition) is 0. The molecule has 290 valence electrons. The van der Waals surface area contributed by atoms with Crippen molar-refractivity contribution in [2.75, 3.05) is 9.80 Å². The molecule has 8 aromatic rings. The molecule has 2 heteroatoms. The smallest absolute Gasteiger partial charge is 0.0540 e. The van der Waals surface area contributed by atoms with Crippen molar-refractivity contribution in [3.05, 3.63) is 228 Å². The molecule has 0 saturated heterocycles. The van der Waals surface area contributed by atoms with Crippen molar-refractivity contribution < 1.29 is 0 Å². The highest BCUT2D eigenvalue weighted by molar-refractivity contribution is 5.93. The van der Waals surface area contributed by atoms with E-state index in [9.17, 15) is 0 Å². The van der Waals surface area contributed by atoms with E-state index in [1.54, 1.807) is 5.56 Å². The van der Waals surface area contributed by atoms with Crippen molar-refractivity contribution >= 4 is 34.1 Å². The van der Waals surface area contributed by atoms with Crippen molar-refractivity contribution in [2.45, 2.75) is 50.4 Å². The van der Waals surface area contributed by atoms with Gasteiger partial charge in [-0.15, -0.1) is 0 Å². The van der Waals surface area contributed by atoms with Crippen LogP contribution < -0.4 is 9.80 Å². The standard InChI is InChI=1S/C58H48N2/c1-57(2)50-28-14-12-27-48(50)49-35-34-46(38-51(49)57)60(52-29-15-13-26-47(52)39-18-6-3-7-19-39)54-31-17-21-41-37-43-33-32-42-36-40-20-16-30-53(55(40)58(42,43)56(41)54)59(44-22-8-4-9-23-44)45-24-10-5-11-25-45/h3-31,34-35,38,42-43H,32-33,36-37H2,1-2H3. The van der Waals surface area contributed by atoms with Gasteiger partial charge in [0.1, 0.15) is 0 Å². The minimum atomic E-state index is -0.133. The summed E-state index contributed by atoms with van der Waals surface area (Å²) in [5.74, 6) is 1.04. The first-order chi connectivity index (χ1) is 29.5. The van der Waals surface area contributed by atoms with Crippen LogP contribution in [-0.4, -0.2) is 0 Å². The van der Waals surface area contributed by atoms with Crippen LogP contribution in [-0.2, 0) is 23.7 Å². The van der Waals surface area contributed by atoms with Crippen LogP contribution in [0.5, 0.6) is 0 Å². The van der Waals surface area contributed by atoms with Gasteiger partial charge in [0.15, 0.2) is 0 Å². The number of fused-ring (bicyclic) bond motifs is 5. The van der Waals surface area contributed by atoms with Gasteiger partial charge in [-0.2, -0.15) is 0 Å². The zero-order valence-electron chi connectivity index (χ0n) is 34.4. The lowest BCUT2D eigenvalue weighted by Crippen LogP contribution is -2.34. The molecule has 0 bridgehead atoms. The van der Waals surface area contributed by atoms with Crippen LogP contribution in [0.15, 0.2) is 194 Å². The minimum Gasteiger partial charge on any atom is -0.310 e. The number of rotatable bonds is 7. The van der Waals surface area contributed by atoms with Gasteiger partial charge in [0.2, 0.25) is 0 Å². The second-order valence-electron chi connectivity index (χ2n) is 18.0. The molecule has 0 radical (unpaired) electrons. The molecule has 0 aromatic heterocycles. The molecular formula is C58H48N2. The maximum atomic E-state index is 2.65. The molecule has 1 saturated carbocycles. The Balaban J connectivity index is 1.13. The van der Waals surface area contributed by atoms with Crippen LogP contribution >= 0.6 is 0 Å². The Kier molecular flexibility index (Phi) is 7.91. The molecule has 0 heterocycles. The zero-order chi connectivity index (χ0) is 40.0. The number of para-hydroxylation sites is 3. The second-order valence-corrected chi connectivity index (χ2v) is 18.0. The Morgan fingerprint density at radius 3 is 1.53 bits per heavy atom. The number of nitrogens with zero attached hydrogens (tertiary/aromatic N) is 2. The highest BCUT2D eigenvalue weighted by Crippen LogP contribution is 2.69. The topological polar surface area (TPSA) is 6.48 Å². The van der Waals surface area contributed by atoms with Crippen LogP contribution in [0.4, 0.5) is 34.1 Å². The van der Waals surface area contributed by atoms with Gasteiger partial charge in [-0.25, -0.2) is 0 Å². The number of benzene rings is 8. The molecule has 2 nitrogen and oxygen atoms in total. The van der Waals surface area contributed by atoms with E-state index in [0.29, 0.717) is 11.8 Å². The van der Waals surface area contributed by atoms with Crippen molar-refractivity contribution in [3.63, 3.8) is 0 Å². The first-order valence-electron chi connectivity index (χ1n) is 21.9. The molecule has 8 aromatic carbocycles. The molecule has 4 aliphatic carbocycles. The van der Waals surface area contributed by atoms with Gasteiger partial charge in [-0.3, -0.25) is 0 Å². The highest BCUT2D eigenvalue weighted by Gasteiger charge is 2.62. The Morgan fingerprint density at radius 1 is 0.400 bits per heavy atom. The predicted molar refractivity (Wildman–Crippen MR) is 250 cm³/mol. The number of hydrogen-bond acceptors (Lipinski definition) is 2. The van der Waals surface area contributed by atoms with Gasteiger partial charge >= 0.3 is 0 Å². The van der Waals surface area contributed by atoms with Crippen LogP contribution in [0.3, 0.4) is 0 Å². The van der Waals surface area contributed by atoms with Crippen molar-refractivity contribution in [3.8, 4) is 22.3 Å². The van der Waals surface area contributed by atoms with Gasteiger partial charge in [-0.1, -0.05) is 153 Å². The molecule has 3 unspecified atom stereocenters. The molecule has 0 aliphatic heterocycles. The quantitative estimate of drug-likeness (QED) is 0.159. The third kappa shape index (κ3) is 5.00. The van der Waals surface area contributed by atoms with E-state index in [0.717, 1.165) is 12.8 Å². The summed E-state index contributed by atoms with van der Waals surface area (Å²) in [6.07, 6.45) is 4.70. The van der Waals surface area contributed by atoms with Gasteiger partial charge in [0.25, 0.3) is 0 Å². The zero-order valence-corrected chi connectivity index (χ0v) is 34.4. The largest absolute Gasteiger partial charge is 0.310 e. The van der Waals surface area contributed by atoms with E-state index in [4.69, 9.17) is 0 Å². The molecule has 4 aliphatic rings. The van der Waals surface area contributed by atoms with E-state index in [-0.39, 0.29) is 10.8 Å². The van der Waals surface area contributed by atoms with Crippen molar-refractivity contribution in [2.24, 2.45) is 11.8 Å². The summed E-state index contributed by atoms with van der Waals surface area (Å²) in [6, 6.07) is 72.9. The monoisotopic (exact) mass is 772 g/mol. The molecule has 0 amide bonds. The first-order valence-corrected chi connectivity index (χ1v) is 21.9. The third-order valence-corrected chi connectivity index (χ3v) is 14.7. The van der Waals surface area contributed by atoms with Crippen LogP contribution in [0.25, 0.3) is 22.3 Å². The van der Waals surface area contributed by atoms with Crippen LogP contribution in [0.1, 0.15) is 60.1 Å². The minimum absolute atomic E-state index is 0.122. The summed E-state index contributed by atoms with van der Waals surface area (Å²) in [5.41, 5.74) is 21.2. The molecule has 1 fully saturated rings. The fourth-order valence-electron chi connectivity index (χ4n) is 12.4. The molecule has 1 spiro atoms. The molecule has 0 N–H and O–H groups in total. The normalized spacial score (nSPS) is 19.8. The van der Waals surface area contributed by atoms with Crippen molar-refractivity contribution in [1.29, 1.82) is 0 Å². The second kappa shape index (κ2) is 13.4. The Hall–Kier alpha value is -6.64. The summed E-state index contributed by atoms with van der Waals surface area (Å²) in [5, 5.41) is 0. The summed E-state index contributed by atoms with van der Waals surface area (Å²) in [4.78, 5) is 5.19. The van der Waals surface area contributed by atoms with Gasteiger partial charge in [-0.05, 0) is 142 Å². The average molecular weight is 773 g/mol. The number of anilines is 6.